The molecule has 1 heterocycles. The number of ether oxygens (including phenoxy) is 1. The average Bonchev–Trinajstić information content (AvgIpc) is 2.34. The van der Waals surface area contributed by atoms with Gasteiger partial charge in [0, 0.05) is 5.56 Å². The zero-order valence-electron chi connectivity index (χ0n) is 9.71. The van der Waals surface area contributed by atoms with E-state index in [4.69, 9.17) is 16.3 Å². The standard InChI is InChI=1S/C11H8ClN3O4/c1-6-3-2-4-7(9(6)15(17)18)19-11-8(12)10(16)13-5-14-11/h2-5H,1H3,(H,13,14,16). The maximum Gasteiger partial charge on any atom is 0.314 e. The Morgan fingerprint density at radius 3 is 2.89 bits per heavy atom. The molecule has 1 N–H and O–H groups in total. The third-order valence-corrected chi connectivity index (χ3v) is 2.69. The molecular formula is C11H8ClN3O4. The van der Waals surface area contributed by atoms with E-state index in [0.29, 0.717) is 5.56 Å². The van der Waals surface area contributed by atoms with Gasteiger partial charge in [0.15, 0.2) is 5.02 Å². The summed E-state index contributed by atoms with van der Waals surface area (Å²) in [5.74, 6) is -0.205. The molecule has 0 atom stereocenters. The number of hydrogen-bond acceptors (Lipinski definition) is 5. The van der Waals surface area contributed by atoms with Crippen LogP contribution >= 0.6 is 11.6 Å². The lowest BCUT2D eigenvalue weighted by molar-refractivity contribution is -0.386. The number of aromatic amines is 1. The van der Waals surface area contributed by atoms with Crippen LogP contribution < -0.4 is 10.3 Å². The SMILES string of the molecule is Cc1cccc(Oc2nc[nH]c(=O)c2Cl)c1[N+](=O)[O-]. The first-order valence-electron chi connectivity index (χ1n) is 5.15. The first-order valence-corrected chi connectivity index (χ1v) is 5.53. The third kappa shape index (κ3) is 2.55. The highest BCUT2D eigenvalue weighted by Crippen LogP contribution is 2.34. The van der Waals surface area contributed by atoms with Gasteiger partial charge in [0.25, 0.3) is 5.56 Å². The normalized spacial score (nSPS) is 10.2. The molecule has 0 amide bonds. The first kappa shape index (κ1) is 13.0. The molecule has 1 aromatic heterocycles. The molecule has 1 aromatic carbocycles. The number of nitrogens with zero attached hydrogens (tertiary/aromatic N) is 2. The van der Waals surface area contributed by atoms with Crippen molar-refractivity contribution >= 4 is 17.3 Å². The van der Waals surface area contributed by atoms with E-state index in [1.54, 1.807) is 19.1 Å². The van der Waals surface area contributed by atoms with Crippen LogP contribution in [-0.4, -0.2) is 14.9 Å². The molecule has 0 fully saturated rings. The summed E-state index contributed by atoms with van der Waals surface area (Å²) in [4.78, 5) is 27.7. The number of nitrogens with one attached hydrogen (secondary N) is 1. The van der Waals surface area contributed by atoms with E-state index in [9.17, 15) is 14.9 Å². The van der Waals surface area contributed by atoms with Gasteiger partial charge in [-0.05, 0) is 13.0 Å². The van der Waals surface area contributed by atoms with Crippen molar-refractivity contribution < 1.29 is 9.66 Å². The molecule has 0 aliphatic heterocycles. The number of aryl methyl sites for hydroxylation is 1. The van der Waals surface area contributed by atoms with Crippen LogP contribution in [-0.2, 0) is 0 Å². The minimum atomic E-state index is -0.582. The van der Waals surface area contributed by atoms with Crippen molar-refractivity contribution in [1.82, 2.24) is 9.97 Å². The number of H-pyrrole nitrogens is 1. The van der Waals surface area contributed by atoms with Crippen LogP contribution in [0.1, 0.15) is 5.56 Å². The molecule has 0 aliphatic carbocycles. The molecule has 0 saturated carbocycles. The molecule has 0 aliphatic rings. The number of rotatable bonds is 3. The van der Waals surface area contributed by atoms with E-state index in [1.807, 2.05) is 0 Å². The molecule has 0 saturated heterocycles. The predicted molar refractivity (Wildman–Crippen MR) is 67.8 cm³/mol. The van der Waals surface area contributed by atoms with Gasteiger partial charge in [-0.1, -0.05) is 23.7 Å². The second-order valence-corrected chi connectivity index (χ2v) is 4.01. The van der Waals surface area contributed by atoms with Crippen LogP contribution in [0, 0.1) is 17.0 Å². The molecule has 0 spiro atoms. The van der Waals surface area contributed by atoms with Gasteiger partial charge in [-0.25, -0.2) is 4.98 Å². The number of aromatic nitrogens is 2. The molecule has 0 unspecified atom stereocenters. The summed E-state index contributed by atoms with van der Waals surface area (Å²) in [6, 6.07) is 4.58. The van der Waals surface area contributed by atoms with Crippen molar-refractivity contribution in [2.45, 2.75) is 6.92 Å². The van der Waals surface area contributed by atoms with Crippen LogP contribution in [0.4, 0.5) is 5.69 Å². The fraction of sp³-hybridized carbons (Fsp3) is 0.0909. The lowest BCUT2D eigenvalue weighted by Gasteiger charge is -2.07. The highest BCUT2D eigenvalue weighted by Gasteiger charge is 2.20. The van der Waals surface area contributed by atoms with Crippen molar-refractivity contribution in [2.24, 2.45) is 0 Å². The summed E-state index contributed by atoms with van der Waals surface area (Å²) in [6.07, 6.45) is 1.10. The number of nitro benzene ring substituents is 1. The van der Waals surface area contributed by atoms with Crippen LogP contribution in [0.15, 0.2) is 29.3 Å². The van der Waals surface area contributed by atoms with Gasteiger partial charge in [0.05, 0.1) is 11.3 Å². The van der Waals surface area contributed by atoms with E-state index in [1.165, 1.54) is 6.07 Å². The molecule has 98 valence electrons. The van der Waals surface area contributed by atoms with Gasteiger partial charge in [0.2, 0.25) is 11.6 Å². The van der Waals surface area contributed by atoms with E-state index in [-0.39, 0.29) is 22.3 Å². The third-order valence-electron chi connectivity index (χ3n) is 2.35. The highest BCUT2D eigenvalue weighted by molar-refractivity contribution is 6.31. The van der Waals surface area contributed by atoms with Crippen LogP contribution in [0.25, 0.3) is 0 Å². The second-order valence-electron chi connectivity index (χ2n) is 3.63. The summed E-state index contributed by atoms with van der Waals surface area (Å²) in [7, 11) is 0. The van der Waals surface area contributed by atoms with Crippen LogP contribution in [0.5, 0.6) is 11.6 Å². The zero-order chi connectivity index (χ0) is 14.0. The molecule has 7 nitrogen and oxygen atoms in total. The maximum atomic E-state index is 11.3. The molecule has 8 heteroatoms. The van der Waals surface area contributed by atoms with Crippen LogP contribution in [0.2, 0.25) is 5.02 Å². The Kier molecular flexibility index (Phi) is 3.48. The van der Waals surface area contributed by atoms with Crippen molar-refractivity contribution in [3.8, 4) is 11.6 Å². The summed E-state index contributed by atoms with van der Waals surface area (Å²) in [6.45, 7) is 1.58. The fourth-order valence-corrected chi connectivity index (χ4v) is 1.63. The molecule has 19 heavy (non-hydrogen) atoms. The smallest absolute Gasteiger partial charge is 0.314 e. The van der Waals surface area contributed by atoms with Gasteiger partial charge in [0.1, 0.15) is 0 Å². The number of nitro groups is 1. The van der Waals surface area contributed by atoms with E-state index in [2.05, 4.69) is 9.97 Å². The largest absolute Gasteiger partial charge is 0.430 e. The lowest BCUT2D eigenvalue weighted by atomic mass is 10.2. The monoisotopic (exact) mass is 281 g/mol. The molecule has 2 aromatic rings. The molecule has 2 rings (SSSR count). The highest BCUT2D eigenvalue weighted by atomic mass is 35.5. The number of hydrogen-bond donors (Lipinski definition) is 1. The average molecular weight is 282 g/mol. The van der Waals surface area contributed by atoms with Gasteiger partial charge in [-0.3, -0.25) is 14.9 Å². The summed E-state index contributed by atoms with van der Waals surface area (Å²) < 4.78 is 5.26. The summed E-state index contributed by atoms with van der Waals surface area (Å²) in [5.41, 5.74) is -0.342. The first-order chi connectivity index (χ1) is 9.00. The fourth-order valence-electron chi connectivity index (χ4n) is 1.49. The Hall–Kier alpha value is -2.41. The van der Waals surface area contributed by atoms with Gasteiger partial charge in [-0.15, -0.1) is 0 Å². The van der Waals surface area contributed by atoms with E-state index in [0.717, 1.165) is 6.33 Å². The van der Waals surface area contributed by atoms with E-state index < -0.39 is 10.5 Å². The van der Waals surface area contributed by atoms with Gasteiger partial charge < -0.3 is 9.72 Å². The van der Waals surface area contributed by atoms with Gasteiger partial charge >= 0.3 is 5.69 Å². The molecule has 0 bridgehead atoms. The van der Waals surface area contributed by atoms with Crippen molar-refractivity contribution in [3.63, 3.8) is 0 Å². The summed E-state index contributed by atoms with van der Waals surface area (Å²) >= 11 is 5.71. The number of benzene rings is 1. The molecule has 0 radical (unpaired) electrons. The lowest BCUT2D eigenvalue weighted by Crippen LogP contribution is -2.08. The number of para-hydroxylation sites is 1. The van der Waals surface area contributed by atoms with Crippen LogP contribution in [0.3, 0.4) is 0 Å². The topological polar surface area (TPSA) is 98.1 Å². The Labute approximate surface area is 112 Å². The molecular weight excluding hydrogens is 274 g/mol. The van der Waals surface area contributed by atoms with Crippen molar-refractivity contribution in [1.29, 1.82) is 0 Å². The summed E-state index contributed by atoms with van der Waals surface area (Å²) in [5, 5.41) is 10.7. The minimum absolute atomic E-state index is 0.0231. The quantitative estimate of drug-likeness (QED) is 0.688. The number of halogens is 1. The minimum Gasteiger partial charge on any atom is -0.430 e. The Morgan fingerprint density at radius 2 is 2.21 bits per heavy atom. The van der Waals surface area contributed by atoms with E-state index >= 15 is 0 Å². The van der Waals surface area contributed by atoms with Crippen molar-refractivity contribution in [2.75, 3.05) is 0 Å². The Morgan fingerprint density at radius 1 is 1.47 bits per heavy atom. The zero-order valence-corrected chi connectivity index (χ0v) is 10.5. The van der Waals surface area contributed by atoms with Gasteiger partial charge in [-0.2, -0.15) is 0 Å². The Bertz CT molecular complexity index is 699. The predicted octanol–water partition coefficient (Wildman–Crippen LogP) is 2.43. The second kappa shape index (κ2) is 5.07. The maximum absolute atomic E-state index is 11.3. The van der Waals surface area contributed by atoms with Crippen molar-refractivity contribution in [3.05, 3.63) is 55.6 Å². The Balaban J connectivity index is 2.50.